The zero-order chi connectivity index (χ0) is 23.4. The van der Waals surface area contributed by atoms with Crippen LogP contribution in [-0.4, -0.2) is 59.1 Å². The van der Waals surface area contributed by atoms with Gasteiger partial charge in [-0.25, -0.2) is 9.78 Å². The summed E-state index contributed by atoms with van der Waals surface area (Å²) in [4.78, 5) is 31.5. The molecule has 1 aromatic heterocycles. The van der Waals surface area contributed by atoms with Crippen LogP contribution in [0.4, 0.5) is 19.3 Å². The van der Waals surface area contributed by atoms with Crippen molar-refractivity contribution in [3.63, 3.8) is 0 Å². The van der Waals surface area contributed by atoms with Gasteiger partial charge in [0.25, 0.3) is 0 Å². The van der Waals surface area contributed by atoms with Crippen molar-refractivity contribution < 1.29 is 18.4 Å². The van der Waals surface area contributed by atoms with Crippen molar-refractivity contribution in [3.05, 3.63) is 48.5 Å². The molecular weight excluding hydrogens is 430 g/mol. The highest BCUT2D eigenvalue weighted by Gasteiger charge is 2.23. The summed E-state index contributed by atoms with van der Waals surface area (Å²) in [5, 5.41) is 2.48. The molecule has 0 unspecified atom stereocenters. The van der Waals surface area contributed by atoms with Crippen molar-refractivity contribution in [3.8, 4) is 11.4 Å². The van der Waals surface area contributed by atoms with Crippen LogP contribution in [0.25, 0.3) is 22.4 Å². The molecule has 0 radical (unpaired) electrons. The van der Waals surface area contributed by atoms with Crippen molar-refractivity contribution in [1.82, 2.24) is 19.8 Å². The molecule has 0 aliphatic carbocycles. The molecule has 1 fully saturated rings. The lowest BCUT2D eigenvalue weighted by atomic mass is 10.1. The number of anilines is 1. The summed E-state index contributed by atoms with van der Waals surface area (Å²) in [5.41, 5.74) is 7.45. The van der Waals surface area contributed by atoms with Crippen LogP contribution in [-0.2, 0) is 4.79 Å². The van der Waals surface area contributed by atoms with Crippen molar-refractivity contribution in [2.45, 2.75) is 19.4 Å². The Bertz CT molecular complexity index is 1140. The quantitative estimate of drug-likeness (QED) is 0.534. The van der Waals surface area contributed by atoms with Crippen LogP contribution in [0.2, 0.25) is 0 Å². The summed E-state index contributed by atoms with van der Waals surface area (Å²) in [6, 6.07) is 13.7. The minimum atomic E-state index is -2.70. The molecule has 174 valence electrons. The average molecular weight is 456 g/mol. The van der Waals surface area contributed by atoms with Gasteiger partial charge < -0.3 is 20.9 Å². The van der Waals surface area contributed by atoms with Crippen LogP contribution in [0.3, 0.4) is 0 Å². The number of urea groups is 1. The van der Waals surface area contributed by atoms with Crippen molar-refractivity contribution in [1.29, 1.82) is 0 Å². The number of para-hydroxylation sites is 2. The number of nitrogens with zero attached hydrogens (tertiary/aromatic N) is 4. The fourth-order valence-electron chi connectivity index (χ4n) is 4.11. The van der Waals surface area contributed by atoms with Gasteiger partial charge in [0.15, 0.2) is 0 Å². The first-order valence-corrected chi connectivity index (χ1v) is 10.9. The van der Waals surface area contributed by atoms with Crippen LogP contribution in [0.15, 0.2) is 48.5 Å². The summed E-state index contributed by atoms with van der Waals surface area (Å²) in [6.45, 7) is 0.0877. The number of hydrogen-bond donors (Lipinski definition) is 2. The Balaban J connectivity index is 1.44. The predicted octanol–water partition coefficient (Wildman–Crippen LogP) is 3.20. The van der Waals surface area contributed by atoms with Gasteiger partial charge in [0.1, 0.15) is 5.82 Å². The first-order valence-electron chi connectivity index (χ1n) is 10.9. The summed E-state index contributed by atoms with van der Waals surface area (Å²) in [6.07, 6.45) is 0.884. The molecule has 1 saturated heterocycles. The maximum atomic E-state index is 13.8. The third-order valence-electron chi connectivity index (χ3n) is 5.76. The van der Waals surface area contributed by atoms with Gasteiger partial charge in [0, 0.05) is 50.4 Å². The number of halogens is 2. The second kappa shape index (κ2) is 9.85. The van der Waals surface area contributed by atoms with Crippen LogP contribution in [0.1, 0.15) is 19.4 Å². The molecule has 0 saturated carbocycles. The highest BCUT2D eigenvalue weighted by atomic mass is 19.3. The van der Waals surface area contributed by atoms with Gasteiger partial charge in [-0.3, -0.25) is 9.36 Å². The molecule has 33 heavy (non-hydrogen) atoms. The van der Waals surface area contributed by atoms with Gasteiger partial charge in [-0.1, -0.05) is 24.3 Å². The van der Waals surface area contributed by atoms with Crippen molar-refractivity contribution in [2.24, 2.45) is 5.73 Å². The summed E-state index contributed by atoms with van der Waals surface area (Å²) in [7, 11) is 0. The largest absolute Gasteiger partial charge is 0.368 e. The van der Waals surface area contributed by atoms with E-state index in [0.717, 1.165) is 10.3 Å². The number of fused-ring (bicyclic) bond motifs is 1. The first kappa shape index (κ1) is 22.5. The molecule has 3 amide bonds. The monoisotopic (exact) mass is 456 g/mol. The molecule has 2 heterocycles. The van der Waals surface area contributed by atoms with Gasteiger partial charge >= 0.3 is 12.6 Å². The minimum absolute atomic E-state index is 0.0420. The lowest BCUT2D eigenvalue weighted by Gasteiger charge is -2.36. The molecule has 0 spiro atoms. The standard InChI is InChI=1S/C23H26F2N6O2/c24-22(25)31-19-8-2-1-7-18(19)28-21(31)16-5-3-6-17(15-16)29-11-13-30(14-12-29)20(32)9-4-10-27-23(26)33/h1-3,5-8,15,22H,4,9-14H2,(H3,26,27,33). The van der Waals surface area contributed by atoms with Crippen molar-refractivity contribution >= 4 is 28.7 Å². The van der Waals surface area contributed by atoms with Gasteiger partial charge in [-0.2, -0.15) is 8.78 Å². The molecule has 1 aliphatic rings. The Labute approximate surface area is 190 Å². The number of primary amides is 1. The molecule has 10 heteroatoms. The van der Waals surface area contributed by atoms with Crippen LogP contribution in [0, 0.1) is 0 Å². The van der Waals surface area contributed by atoms with Crippen LogP contribution in [0.5, 0.6) is 0 Å². The number of piperazine rings is 1. The molecule has 0 atom stereocenters. The number of amides is 3. The number of hydrogen-bond acceptors (Lipinski definition) is 4. The number of nitrogens with one attached hydrogen (secondary N) is 1. The van der Waals surface area contributed by atoms with Gasteiger partial charge in [0.2, 0.25) is 5.91 Å². The molecule has 4 rings (SSSR count). The van der Waals surface area contributed by atoms with E-state index in [1.54, 1.807) is 35.2 Å². The number of rotatable bonds is 7. The van der Waals surface area contributed by atoms with Crippen LogP contribution >= 0.6 is 0 Å². The Hall–Kier alpha value is -3.69. The number of nitrogens with two attached hydrogens (primary N) is 1. The Morgan fingerprint density at radius 2 is 1.82 bits per heavy atom. The van der Waals surface area contributed by atoms with Crippen molar-refractivity contribution in [2.75, 3.05) is 37.6 Å². The van der Waals surface area contributed by atoms with E-state index in [9.17, 15) is 18.4 Å². The van der Waals surface area contributed by atoms with E-state index in [-0.39, 0.29) is 11.7 Å². The maximum absolute atomic E-state index is 13.8. The van der Waals surface area contributed by atoms with E-state index >= 15 is 0 Å². The average Bonchev–Trinajstić information content (AvgIpc) is 3.22. The topological polar surface area (TPSA) is 96.5 Å². The lowest BCUT2D eigenvalue weighted by molar-refractivity contribution is -0.131. The smallest absolute Gasteiger partial charge is 0.320 e. The van der Waals surface area contributed by atoms with E-state index in [4.69, 9.17) is 5.73 Å². The van der Waals surface area contributed by atoms with E-state index in [0.29, 0.717) is 62.2 Å². The van der Waals surface area contributed by atoms with Gasteiger partial charge in [-0.15, -0.1) is 0 Å². The third kappa shape index (κ3) is 5.05. The number of carbonyl (C=O) groups is 2. The Morgan fingerprint density at radius 1 is 1.06 bits per heavy atom. The fraction of sp³-hybridized carbons (Fsp3) is 0.348. The van der Waals surface area contributed by atoms with E-state index in [1.807, 2.05) is 18.2 Å². The number of aromatic nitrogens is 2. The molecular formula is C23H26F2N6O2. The summed E-state index contributed by atoms with van der Waals surface area (Å²) in [5.74, 6) is 0.270. The number of alkyl halides is 2. The number of benzene rings is 2. The fourth-order valence-corrected chi connectivity index (χ4v) is 4.11. The molecule has 3 aromatic rings. The third-order valence-corrected chi connectivity index (χ3v) is 5.76. The molecule has 2 aromatic carbocycles. The predicted molar refractivity (Wildman–Crippen MR) is 122 cm³/mol. The molecule has 8 nitrogen and oxygen atoms in total. The Kier molecular flexibility index (Phi) is 6.71. The van der Waals surface area contributed by atoms with Gasteiger partial charge in [0.05, 0.1) is 11.0 Å². The molecule has 1 aliphatic heterocycles. The lowest BCUT2D eigenvalue weighted by Crippen LogP contribution is -2.48. The number of imidazole rings is 1. The number of carbonyl (C=O) groups excluding carboxylic acids is 2. The highest BCUT2D eigenvalue weighted by Crippen LogP contribution is 2.31. The van der Waals surface area contributed by atoms with Crippen LogP contribution < -0.4 is 16.0 Å². The first-order chi connectivity index (χ1) is 15.9. The highest BCUT2D eigenvalue weighted by molar-refractivity contribution is 5.81. The normalized spacial score (nSPS) is 14.2. The maximum Gasteiger partial charge on any atom is 0.320 e. The van der Waals surface area contributed by atoms with E-state index < -0.39 is 12.6 Å². The second-order valence-electron chi connectivity index (χ2n) is 7.88. The van der Waals surface area contributed by atoms with Gasteiger partial charge in [-0.05, 0) is 30.7 Å². The summed E-state index contributed by atoms with van der Waals surface area (Å²) < 4.78 is 28.7. The molecule has 0 bridgehead atoms. The zero-order valence-corrected chi connectivity index (χ0v) is 18.1. The zero-order valence-electron chi connectivity index (χ0n) is 18.1. The SMILES string of the molecule is NC(=O)NCCCC(=O)N1CCN(c2cccc(-c3nc4ccccc4n3C(F)F)c2)CC1. The Morgan fingerprint density at radius 3 is 2.55 bits per heavy atom. The van der Waals surface area contributed by atoms with E-state index in [1.165, 1.54) is 0 Å². The summed E-state index contributed by atoms with van der Waals surface area (Å²) >= 11 is 0. The minimum Gasteiger partial charge on any atom is -0.368 e. The molecule has 3 N–H and O–H groups in total. The van der Waals surface area contributed by atoms with E-state index in [2.05, 4.69) is 15.2 Å². The second-order valence-corrected chi connectivity index (χ2v) is 7.88.